The highest BCUT2D eigenvalue weighted by Gasteiger charge is 2.14. The fraction of sp³-hybridized carbons (Fsp3) is 0.333. The van der Waals surface area contributed by atoms with Crippen LogP contribution in [0.1, 0.15) is 49.0 Å². The number of oxime groups is 1. The molecular weight excluding hydrogens is 314 g/mol. The van der Waals surface area contributed by atoms with Crippen molar-refractivity contribution in [2.24, 2.45) is 5.16 Å². The molecule has 0 saturated heterocycles. The topological polar surface area (TPSA) is 47.9 Å². The molecule has 1 aliphatic rings. The molecule has 1 aliphatic carbocycles. The molecule has 0 fully saturated rings. The summed E-state index contributed by atoms with van der Waals surface area (Å²) < 4.78 is 4.96. The van der Waals surface area contributed by atoms with E-state index in [9.17, 15) is 4.79 Å². The standard InChI is InChI=1S/C21H23NO3/c1-4-25-21(23)18-14-12-17(13-15-18)9-5-6-10-19-16(2)8-7-11-20(19)22-24-3/h6,10,12-15H,4,7-8,11H2,1-3H3/b10-6+,22-20+. The first kappa shape index (κ1) is 18.5. The van der Waals surface area contributed by atoms with Crippen LogP contribution in [0, 0.1) is 11.8 Å². The molecule has 0 aliphatic heterocycles. The molecule has 1 aromatic carbocycles. The van der Waals surface area contributed by atoms with Gasteiger partial charge in [0.2, 0.25) is 0 Å². The lowest BCUT2D eigenvalue weighted by atomic mass is 9.91. The lowest BCUT2D eigenvalue weighted by molar-refractivity contribution is 0.0526. The van der Waals surface area contributed by atoms with E-state index in [-0.39, 0.29) is 5.97 Å². The van der Waals surface area contributed by atoms with E-state index in [2.05, 4.69) is 23.9 Å². The van der Waals surface area contributed by atoms with Crippen molar-refractivity contribution in [3.8, 4) is 11.8 Å². The van der Waals surface area contributed by atoms with Gasteiger partial charge < -0.3 is 9.57 Å². The van der Waals surface area contributed by atoms with E-state index in [1.165, 1.54) is 5.57 Å². The molecule has 130 valence electrons. The summed E-state index contributed by atoms with van der Waals surface area (Å²) in [4.78, 5) is 16.5. The molecular formula is C21H23NO3. The first-order chi connectivity index (χ1) is 12.2. The third-order valence-corrected chi connectivity index (χ3v) is 3.88. The summed E-state index contributed by atoms with van der Waals surface area (Å²) in [6, 6.07) is 7.08. The van der Waals surface area contributed by atoms with Crippen molar-refractivity contribution in [3.05, 3.63) is 58.7 Å². The molecule has 25 heavy (non-hydrogen) atoms. The Balaban J connectivity index is 2.07. The molecule has 0 atom stereocenters. The highest BCUT2D eigenvalue weighted by atomic mass is 16.6. The number of ether oxygens (including phenoxy) is 1. The second-order valence-corrected chi connectivity index (χ2v) is 5.67. The maximum absolute atomic E-state index is 11.6. The maximum atomic E-state index is 11.6. The number of rotatable bonds is 4. The normalized spacial score (nSPS) is 15.9. The summed E-state index contributed by atoms with van der Waals surface area (Å²) in [6.45, 7) is 4.27. The van der Waals surface area contributed by atoms with E-state index in [0.717, 1.165) is 36.1 Å². The highest BCUT2D eigenvalue weighted by Crippen LogP contribution is 2.23. The molecule has 0 amide bonds. The summed E-state index contributed by atoms with van der Waals surface area (Å²) in [5.41, 5.74) is 4.77. The van der Waals surface area contributed by atoms with Crippen molar-refractivity contribution >= 4 is 11.7 Å². The van der Waals surface area contributed by atoms with Crippen LogP contribution in [0.3, 0.4) is 0 Å². The monoisotopic (exact) mass is 337 g/mol. The quantitative estimate of drug-likeness (QED) is 0.468. The Morgan fingerprint density at radius 2 is 2.04 bits per heavy atom. The number of benzene rings is 1. The van der Waals surface area contributed by atoms with E-state index in [1.54, 1.807) is 26.2 Å². The minimum atomic E-state index is -0.313. The van der Waals surface area contributed by atoms with E-state index in [4.69, 9.17) is 9.57 Å². The Morgan fingerprint density at radius 1 is 1.28 bits per heavy atom. The number of carbonyl (C=O) groups excluding carboxylic acids is 1. The molecule has 0 spiro atoms. The van der Waals surface area contributed by atoms with Crippen molar-refractivity contribution in [2.45, 2.75) is 33.1 Å². The highest BCUT2D eigenvalue weighted by molar-refractivity contribution is 6.03. The number of carbonyl (C=O) groups is 1. The predicted octanol–water partition coefficient (Wildman–Crippen LogP) is 4.27. The van der Waals surface area contributed by atoms with E-state index >= 15 is 0 Å². The van der Waals surface area contributed by atoms with E-state index in [1.807, 2.05) is 24.3 Å². The third-order valence-electron chi connectivity index (χ3n) is 3.88. The van der Waals surface area contributed by atoms with E-state index in [0.29, 0.717) is 12.2 Å². The van der Waals surface area contributed by atoms with Gasteiger partial charge in [-0.2, -0.15) is 0 Å². The predicted molar refractivity (Wildman–Crippen MR) is 99.4 cm³/mol. The molecule has 0 N–H and O–H groups in total. The molecule has 4 heteroatoms. The van der Waals surface area contributed by atoms with Gasteiger partial charge in [0.1, 0.15) is 7.11 Å². The number of hydrogen-bond acceptors (Lipinski definition) is 4. The minimum absolute atomic E-state index is 0.313. The largest absolute Gasteiger partial charge is 0.462 e. The van der Waals surface area contributed by atoms with Gasteiger partial charge >= 0.3 is 5.97 Å². The van der Waals surface area contributed by atoms with Gasteiger partial charge in [-0.05, 0) is 75.1 Å². The average Bonchev–Trinajstić information content (AvgIpc) is 2.61. The lowest BCUT2D eigenvalue weighted by Gasteiger charge is -2.16. The Kier molecular flexibility index (Phi) is 7.03. The molecule has 1 aromatic rings. The Hall–Kier alpha value is -2.80. The van der Waals surface area contributed by atoms with Crippen molar-refractivity contribution in [2.75, 3.05) is 13.7 Å². The third kappa shape index (κ3) is 5.36. The SMILES string of the molecule is CCOC(=O)c1ccc(C#C/C=C/C2=C(C)CCC/C2=N\OC)cc1. The lowest BCUT2D eigenvalue weighted by Crippen LogP contribution is -2.09. The number of hydrogen-bond donors (Lipinski definition) is 0. The van der Waals surface area contributed by atoms with Crippen molar-refractivity contribution in [3.63, 3.8) is 0 Å². The molecule has 0 saturated carbocycles. The molecule has 4 nitrogen and oxygen atoms in total. The van der Waals surface area contributed by atoms with Gasteiger partial charge in [0.15, 0.2) is 0 Å². The second kappa shape index (κ2) is 9.48. The van der Waals surface area contributed by atoms with Crippen LogP contribution in [0.15, 0.2) is 52.7 Å². The Morgan fingerprint density at radius 3 is 2.72 bits per heavy atom. The number of esters is 1. The van der Waals surface area contributed by atoms with Crippen LogP contribution < -0.4 is 0 Å². The molecule has 0 radical (unpaired) electrons. The zero-order chi connectivity index (χ0) is 18.1. The van der Waals surface area contributed by atoms with Crippen molar-refractivity contribution in [1.29, 1.82) is 0 Å². The maximum Gasteiger partial charge on any atom is 0.338 e. The summed E-state index contributed by atoms with van der Waals surface area (Å²) >= 11 is 0. The van der Waals surface area contributed by atoms with Gasteiger partial charge in [0.25, 0.3) is 0 Å². The van der Waals surface area contributed by atoms with Gasteiger partial charge in [-0.15, -0.1) is 0 Å². The first-order valence-electron chi connectivity index (χ1n) is 8.41. The smallest absolute Gasteiger partial charge is 0.338 e. The molecule has 0 heterocycles. The molecule has 2 rings (SSSR count). The van der Waals surface area contributed by atoms with Gasteiger partial charge in [0, 0.05) is 5.56 Å². The van der Waals surface area contributed by atoms with Crippen LogP contribution in [-0.4, -0.2) is 25.4 Å². The van der Waals surface area contributed by atoms with Crippen LogP contribution in [0.5, 0.6) is 0 Å². The zero-order valence-electron chi connectivity index (χ0n) is 15.0. The minimum Gasteiger partial charge on any atom is -0.462 e. The summed E-state index contributed by atoms with van der Waals surface area (Å²) in [5.74, 6) is 5.78. The zero-order valence-corrected chi connectivity index (χ0v) is 15.0. The summed E-state index contributed by atoms with van der Waals surface area (Å²) in [7, 11) is 1.57. The van der Waals surface area contributed by atoms with Gasteiger partial charge in [-0.3, -0.25) is 0 Å². The second-order valence-electron chi connectivity index (χ2n) is 5.67. The van der Waals surface area contributed by atoms with Crippen LogP contribution in [-0.2, 0) is 9.57 Å². The fourth-order valence-electron chi connectivity index (χ4n) is 2.63. The number of nitrogens with zero attached hydrogens (tertiary/aromatic N) is 1. The van der Waals surface area contributed by atoms with Crippen LogP contribution >= 0.6 is 0 Å². The fourth-order valence-corrected chi connectivity index (χ4v) is 2.63. The average molecular weight is 337 g/mol. The van der Waals surface area contributed by atoms with Gasteiger partial charge in [-0.1, -0.05) is 22.6 Å². The van der Waals surface area contributed by atoms with Crippen LogP contribution in [0.4, 0.5) is 0 Å². The first-order valence-corrected chi connectivity index (χ1v) is 8.41. The molecule has 0 aromatic heterocycles. The Labute approximate surface area is 149 Å². The van der Waals surface area contributed by atoms with Gasteiger partial charge in [-0.25, -0.2) is 4.79 Å². The summed E-state index contributed by atoms with van der Waals surface area (Å²) in [5, 5.41) is 4.11. The van der Waals surface area contributed by atoms with E-state index < -0.39 is 0 Å². The summed E-state index contributed by atoms with van der Waals surface area (Å²) in [6.07, 6.45) is 6.92. The van der Waals surface area contributed by atoms with Gasteiger partial charge in [0.05, 0.1) is 17.9 Å². The Bertz CT molecular complexity index is 759. The molecule has 0 bridgehead atoms. The number of allylic oxidation sites excluding steroid dienone is 4. The molecule has 0 unspecified atom stereocenters. The van der Waals surface area contributed by atoms with Crippen molar-refractivity contribution < 1.29 is 14.4 Å². The van der Waals surface area contributed by atoms with Crippen LogP contribution in [0.2, 0.25) is 0 Å². The van der Waals surface area contributed by atoms with Crippen molar-refractivity contribution in [1.82, 2.24) is 0 Å². The van der Waals surface area contributed by atoms with Crippen LogP contribution in [0.25, 0.3) is 0 Å².